The van der Waals surface area contributed by atoms with Crippen LogP contribution in [0.15, 0.2) is 48.0 Å². The Bertz CT molecular complexity index is 701. The van der Waals surface area contributed by atoms with E-state index in [0.717, 1.165) is 6.42 Å². The topological polar surface area (TPSA) is 0 Å². The van der Waals surface area contributed by atoms with Gasteiger partial charge in [-0.1, -0.05) is 94.1 Å². The van der Waals surface area contributed by atoms with Crippen LogP contribution in [-0.2, 0) is 6.42 Å². The summed E-state index contributed by atoms with van der Waals surface area (Å²) in [7, 11) is 0. The lowest BCUT2D eigenvalue weighted by atomic mass is 9.94. The summed E-state index contributed by atoms with van der Waals surface area (Å²) in [5, 5.41) is 0. The summed E-state index contributed by atoms with van der Waals surface area (Å²) in [5.74, 6) is 0.593. The first kappa shape index (κ1) is 17.0. The van der Waals surface area contributed by atoms with E-state index >= 15 is 0 Å². The van der Waals surface area contributed by atoms with Gasteiger partial charge in [-0.3, -0.25) is 0 Å². The standard InChI is InChI=1S/C24H30/c1-4-5-6-7-9-19-16-22-10-8-11-23(24(22)17-19)21-14-12-20(13-15-21)18(2)3/h8,10-15,17-18H,4-7,9,16H2,1-3H3. The van der Waals surface area contributed by atoms with Crippen LogP contribution in [0, 0.1) is 0 Å². The fraction of sp³-hybridized carbons (Fsp3) is 0.417. The van der Waals surface area contributed by atoms with Crippen LogP contribution >= 0.6 is 0 Å². The van der Waals surface area contributed by atoms with Crippen LogP contribution in [0.1, 0.15) is 75.5 Å². The number of benzene rings is 2. The predicted molar refractivity (Wildman–Crippen MR) is 106 cm³/mol. The SMILES string of the molecule is CCCCCCC1=Cc2c(cccc2-c2ccc(C(C)C)cc2)C1. The van der Waals surface area contributed by atoms with Gasteiger partial charge in [0.05, 0.1) is 0 Å². The zero-order chi connectivity index (χ0) is 16.9. The van der Waals surface area contributed by atoms with Crippen molar-refractivity contribution >= 4 is 6.08 Å². The van der Waals surface area contributed by atoms with Crippen LogP contribution in [-0.4, -0.2) is 0 Å². The highest BCUT2D eigenvalue weighted by Gasteiger charge is 2.16. The molecule has 2 aromatic rings. The van der Waals surface area contributed by atoms with Crippen molar-refractivity contribution in [2.24, 2.45) is 0 Å². The van der Waals surface area contributed by atoms with Crippen molar-refractivity contribution in [3.8, 4) is 11.1 Å². The molecule has 2 aromatic carbocycles. The van der Waals surface area contributed by atoms with E-state index in [1.54, 1.807) is 5.57 Å². The summed E-state index contributed by atoms with van der Waals surface area (Å²) < 4.78 is 0. The van der Waals surface area contributed by atoms with Crippen molar-refractivity contribution in [1.82, 2.24) is 0 Å². The molecule has 1 aliphatic rings. The van der Waals surface area contributed by atoms with E-state index in [2.05, 4.69) is 69.3 Å². The van der Waals surface area contributed by atoms with Crippen molar-refractivity contribution in [1.29, 1.82) is 0 Å². The van der Waals surface area contributed by atoms with Crippen molar-refractivity contribution in [2.45, 2.75) is 65.2 Å². The second-order valence-electron chi connectivity index (χ2n) is 7.45. The van der Waals surface area contributed by atoms with Gasteiger partial charge < -0.3 is 0 Å². The molecule has 0 fully saturated rings. The average molecular weight is 319 g/mol. The maximum absolute atomic E-state index is 2.47. The Kier molecular flexibility index (Phi) is 5.56. The van der Waals surface area contributed by atoms with E-state index in [-0.39, 0.29) is 0 Å². The molecule has 0 atom stereocenters. The number of unbranched alkanes of at least 4 members (excludes halogenated alkanes) is 3. The van der Waals surface area contributed by atoms with E-state index in [1.165, 1.54) is 59.9 Å². The van der Waals surface area contributed by atoms with E-state index in [0.29, 0.717) is 5.92 Å². The minimum atomic E-state index is 0.593. The summed E-state index contributed by atoms with van der Waals surface area (Å²) in [4.78, 5) is 0. The zero-order valence-corrected chi connectivity index (χ0v) is 15.4. The second-order valence-corrected chi connectivity index (χ2v) is 7.45. The number of hydrogen-bond donors (Lipinski definition) is 0. The molecule has 0 N–H and O–H groups in total. The van der Waals surface area contributed by atoms with Crippen LogP contribution in [0.5, 0.6) is 0 Å². The second kappa shape index (κ2) is 7.83. The molecular weight excluding hydrogens is 288 g/mol. The molecule has 0 saturated carbocycles. The molecule has 0 heteroatoms. The van der Waals surface area contributed by atoms with Gasteiger partial charge in [-0.05, 0) is 53.0 Å². The fourth-order valence-corrected chi connectivity index (χ4v) is 3.68. The molecule has 1 aliphatic carbocycles. The maximum atomic E-state index is 2.47. The van der Waals surface area contributed by atoms with Gasteiger partial charge in [-0.15, -0.1) is 0 Å². The Morgan fingerprint density at radius 2 is 1.71 bits per heavy atom. The van der Waals surface area contributed by atoms with Gasteiger partial charge in [0.2, 0.25) is 0 Å². The first-order valence-electron chi connectivity index (χ1n) is 9.60. The van der Waals surface area contributed by atoms with Gasteiger partial charge in [0.25, 0.3) is 0 Å². The van der Waals surface area contributed by atoms with Crippen LogP contribution < -0.4 is 0 Å². The summed E-state index contributed by atoms with van der Waals surface area (Å²) in [6, 6.07) is 15.9. The Labute approximate surface area is 147 Å². The molecule has 0 bridgehead atoms. The summed E-state index contributed by atoms with van der Waals surface area (Å²) in [6.07, 6.45) is 10.3. The fourth-order valence-electron chi connectivity index (χ4n) is 3.68. The Balaban J connectivity index is 1.80. The molecule has 0 spiro atoms. The highest BCUT2D eigenvalue weighted by molar-refractivity contribution is 5.80. The zero-order valence-electron chi connectivity index (χ0n) is 15.4. The largest absolute Gasteiger partial charge is 0.0654 e. The summed E-state index contributed by atoms with van der Waals surface area (Å²) >= 11 is 0. The number of hydrogen-bond acceptors (Lipinski definition) is 0. The van der Waals surface area contributed by atoms with Crippen LogP contribution in [0.2, 0.25) is 0 Å². The number of allylic oxidation sites excluding steroid dienone is 1. The smallest absolute Gasteiger partial charge is 0.00576 e. The van der Waals surface area contributed by atoms with Crippen LogP contribution in [0.4, 0.5) is 0 Å². The van der Waals surface area contributed by atoms with Gasteiger partial charge in [-0.2, -0.15) is 0 Å². The third-order valence-corrected chi connectivity index (χ3v) is 5.20. The normalized spacial score (nSPS) is 13.2. The van der Waals surface area contributed by atoms with Crippen molar-refractivity contribution in [3.05, 3.63) is 64.7 Å². The molecular formula is C24H30. The monoisotopic (exact) mass is 318 g/mol. The van der Waals surface area contributed by atoms with Crippen LogP contribution in [0.3, 0.4) is 0 Å². The van der Waals surface area contributed by atoms with E-state index in [9.17, 15) is 0 Å². The van der Waals surface area contributed by atoms with Crippen molar-refractivity contribution in [3.63, 3.8) is 0 Å². The summed E-state index contributed by atoms with van der Waals surface area (Å²) in [5.41, 5.74) is 8.74. The Hall–Kier alpha value is -1.82. The van der Waals surface area contributed by atoms with E-state index in [1.807, 2.05) is 0 Å². The lowest BCUT2D eigenvalue weighted by Crippen LogP contribution is -1.90. The van der Waals surface area contributed by atoms with Gasteiger partial charge in [0, 0.05) is 0 Å². The Morgan fingerprint density at radius 1 is 0.917 bits per heavy atom. The summed E-state index contributed by atoms with van der Waals surface area (Å²) in [6.45, 7) is 6.78. The molecule has 0 saturated heterocycles. The van der Waals surface area contributed by atoms with Gasteiger partial charge in [0.1, 0.15) is 0 Å². The van der Waals surface area contributed by atoms with Crippen molar-refractivity contribution < 1.29 is 0 Å². The molecule has 0 nitrogen and oxygen atoms in total. The quantitative estimate of drug-likeness (QED) is 0.467. The minimum absolute atomic E-state index is 0.593. The van der Waals surface area contributed by atoms with Gasteiger partial charge in [0.15, 0.2) is 0 Å². The first-order valence-corrected chi connectivity index (χ1v) is 9.60. The van der Waals surface area contributed by atoms with Gasteiger partial charge in [-0.25, -0.2) is 0 Å². The molecule has 0 amide bonds. The third-order valence-electron chi connectivity index (χ3n) is 5.20. The molecule has 0 aromatic heterocycles. The highest BCUT2D eigenvalue weighted by atomic mass is 14.2. The van der Waals surface area contributed by atoms with Gasteiger partial charge >= 0.3 is 0 Å². The molecule has 126 valence electrons. The lowest BCUT2D eigenvalue weighted by molar-refractivity contribution is 0.662. The maximum Gasteiger partial charge on any atom is -0.00576 e. The molecule has 24 heavy (non-hydrogen) atoms. The Morgan fingerprint density at radius 3 is 2.42 bits per heavy atom. The third kappa shape index (κ3) is 3.80. The van der Waals surface area contributed by atoms with E-state index in [4.69, 9.17) is 0 Å². The molecule has 3 rings (SSSR count). The van der Waals surface area contributed by atoms with E-state index < -0.39 is 0 Å². The minimum Gasteiger partial charge on any atom is -0.0654 e. The highest BCUT2D eigenvalue weighted by Crippen LogP contribution is 2.36. The molecule has 0 heterocycles. The molecule has 0 radical (unpaired) electrons. The van der Waals surface area contributed by atoms with Crippen molar-refractivity contribution in [2.75, 3.05) is 0 Å². The predicted octanol–water partition coefficient (Wildman–Crippen LogP) is 7.39. The average Bonchev–Trinajstić information content (AvgIpc) is 3.01. The molecule has 0 unspecified atom stereocenters. The first-order chi connectivity index (χ1) is 11.7. The number of fused-ring (bicyclic) bond motifs is 1. The number of rotatable bonds is 7. The lowest BCUT2D eigenvalue weighted by Gasteiger charge is -2.10. The molecule has 0 aliphatic heterocycles. The van der Waals surface area contributed by atoms with Crippen LogP contribution in [0.25, 0.3) is 17.2 Å².